The Morgan fingerprint density at radius 3 is 3.00 bits per heavy atom. The normalized spacial score (nSPS) is 19.1. The van der Waals surface area contributed by atoms with E-state index in [2.05, 4.69) is 15.3 Å². The van der Waals surface area contributed by atoms with Gasteiger partial charge in [0.25, 0.3) is 0 Å². The van der Waals surface area contributed by atoms with Crippen molar-refractivity contribution < 1.29 is 4.74 Å². The molecule has 72 valence electrons. The molecule has 0 aromatic carbocycles. The van der Waals surface area contributed by atoms with Gasteiger partial charge in [-0.3, -0.25) is 4.90 Å². The third-order valence-corrected chi connectivity index (χ3v) is 2.91. The van der Waals surface area contributed by atoms with E-state index >= 15 is 0 Å². The molecule has 2 rings (SSSR count). The van der Waals surface area contributed by atoms with E-state index in [0.29, 0.717) is 0 Å². The van der Waals surface area contributed by atoms with Crippen LogP contribution in [0.25, 0.3) is 0 Å². The molecule has 0 spiro atoms. The Bertz CT molecular complexity index is 232. The first-order valence-electron chi connectivity index (χ1n) is 4.62. The van der Waals surface area contributed by atoms with Crippen molar-refractivity contribution in [2.24, 2.45) is 0 Å². The fraction of sp³-hybridized carbons (Fsp3) is 0.667. The summed E-state index contributed by atoms with van der Waals surface area (Å²) in [6, 6.07) is 0. The second-order valence-electron chi connectivity index (χ2n) is 3.18. The van der Waals surface area contributed by atoms with Crippen LogP contribution in [0.4, 0.5) is 0 Å². The standard InChI is InChI=1S/C9H14N2OS/c1(9-7-13-8-10-9)2-11-3-5-12-6-4-11/h7-8H,1-6H2. The summed E-state index contributed by atoms with van der Waals surface area (Å²) < 4.78 is 5.28. The molecule has 0 aliphatic carbocycles. The number of nitrogens with zero attached hydrogens (tertiary/aromatic N) is 2. The van der Waals surface area contributed by atoms with Crippen LogP contribution in [0.1, 0.15) is 5.69 Å². The lowest BCUT2D eigenvalue weighted by Gasteiger charge is -2.26. The van der Waals surface area contributed by atoms with Gasteiger partial charge in [-0.1, -0.05) is 0 Å². The Hall–Kier alpha value is -0.450. The van der Waals surface area contributed by atoms with Crippen molar-refractivity contribution in [3.8, 4) is 0 Å². The molecule has 13 heavy (non-hydrogen) atoms. The fourth-order valence-electron chi connectivity index (χ4n) is 1.46. The fourth-order valence-corrected chi connectivity index (χ4v) is 2.05. The molecule has 1 aliphatic heterocycles. The number of morpholine rings is 1. The van der Waals surface area contributed by atoms with Gasteiger partial charge in [0.05, 0.1) is 24.4 Å². The van der Waals surface area contributed by atoms with E-state index in [1.807, 2.05) is 5.51 Å². The Morgan fingerprint density at radius 2 is 2.31 bits per heavy atom. The summed E-state index contributed by atoms with van der Waals surface area (Å²) in [6.07, 6.45) is 1.07. The maximum absolute atomic E-state index is 5.28. The number of hydrogen-bond donors (Lipinski definition) is 0. The molecule has 0 radical (unpaired) electrons. The van der Waals surface area contributed by atoms with Crippen LogP contribution < -0.4 is 0 Å². The first kappa shape index (κ1) is 9.12. The summed E-state index contributed by atoms with van der Waals surface area (Å²) in [7, 11) is 0. The molecular formula is C9H14N2OS. The summed E-state index contributed by atoms with van der Waals surface area (Å²) in [5.74, 6) is 0. The molecule has 1 saturated heterocycles. The first-order valence-corrected chi connectivity index (χ1v) is 5.56. The Kier molecular flexibility index (Phi) is 3.29. The number of aromatic nitrogens is 1. The molecule has 0 amide bonds. The topological polar surface area (TPSA) is 25.4 Å². The van der Waals surface area contributed by atoms with Gasteiger partial charge in [-0.2, -0.15) is 0 Å². The average molecular weight is 198 g/mol. The minimum absolute atomic E-state index is 0.886. The van der Waals surface area contributed by atoms with Crippen molar-refractivity contribution in [2.45, 2.75) is 6.42 Å². The molecular weight excluding hydrogens is 184 g/mol. The zero-order valence-electron chi connectivity index (χ0n) is 7.61. The van der Waals surface area contributed by atoms with E-state index in [-0.39, 0.29) is 0 Å². The highest BCUT2D eigenvalue weighted by Crippen LogP contribution is 2.04. The highest BCUT2D eigenvalue weighted by molar-refractivity contribution is 7.07. The Labute approximate surface area is 82.3 Å². The smallest absolute Gasteiger partial charge is 0.0794 e. The zero-order chi connectivity index (χ0) is 8.93. The molecule has 1 aliphatic rings. The van der Waals surface area contributed by atoms with Crippen LogP contribution in [-0.4, -0.2) is 42.7 Å². The maximum atomic E-state index is 5.28. The van der Waals surface area contributed by atoms with Gasteiger partial charge in [-0.05, 0) is 0 Å². The molecule has 0 bridgehead atoms. The van der Waals surface area contributed by atoms with E-state index in [1.54, 1.807) is 11.3 Å². The number of ether oxygens (including phenoxy) is 1. The second-order valence-corrected chi connectivity index (χ2v) is 3.90. The quantitative estimate of drug-likeness (QED) is 0.725. The van der Waals surface area contributed by atoms with Crippen LogP contribution in [0.5, 0.6) is 0 Å². The van der Waals surface area contributed by atoms with Crippen LogP contribution in [0, 0.1) is 0 Å². The largest absolute Gasteiger partial charge is 0.379 e. The lowest BCUT2D eigenvalue weighted by molar-refractivity contribution is 0.0383. The summed E-state index contributed by atoms with van der Waals surface area (Å²) in [6.45, 7) is 5.04. The molecule has 2 heterocycles. The minimum Gasteiger partial charge on any atom is -0.379 e. The molecule has 0 unspecified atom stereocenters. The summed E-state index contributed by atoms with van der Waals surface area (Å²) >= 11 is 1.67. The molecule has 1 aromatic heterocycles. The lowest BCUT2D eigenvalue weighted by atomic mass is 10.3. The molecule has 0 saturated carbocycles. The van der Waals surface area contributed by atoms with E-state index < -0.39 is 0 Å². The number of hydrogen-bond acceptors (Lipinski definition) is 4. The highest BCUT2D eigenvalue weighted by Gasteiger charge is 2.09. The van der Waals surface area contributed by atoms with Crippen LogP contribution in [0.15, 0.2) is 10.9 Å². The van der Waals surface area contributed by atoms with Gasteiger partial charge in [0, 0.05) is 31.4 Å². The van der Waals surface area contributed by atoms with Crippen molar-refractivity contribution in [3.05, 3.63) is 16.6 Å². The van der Waals surface area contributed by atoms with Gasteiger partial charge in [0.15, 0.2) is 0 Å². The van der Waals surface area contributed by atoms with Crippen LogP contribution in [0.2, 0.25) is 0 Å². The van der Waals surface area contributed by atoms with Crippen molar-refractivity contribution >= 4 is 11.3 Å². The Balaban J connectivity index is 1.72. The van der Waals surface area contributed by atoms with Crippen molar-refractivity contribution in [1.82, 2.24) is 9.88 Å². The highest BCUT2D eigenvalue weighted by atomic mass is 32.1. The SMILES string of the molecule is c1nc(CCN2CCOCC2)cs1. The average Bonchev–Trinajstić information content (AvgIpc) is 2.69. The van der Waals surface area contributed by atoms with Gasteiger partial charge in [0.1, 0.15) is 0 Å². The molecule has 1 fully saturated rings. The van der Waals surface area contributed by atoms with E-state index in [4.69, 9.17) is 4.74 Å². The third kappa shape index (κ3) is 2.76. The summed E-state index contributed by atoms with van der Waals surface area (Å²) in [5.41, 5.74) is 3.12. The minimum atomic E-state index is 0.886. The maximum Gasteiger partial charge on any atom is 0.0794 e. The van der Waals surface area contributed by atoms with E-state index in [9.17, 15) is 0 Å². The van der Waals surface area contributed by atoms with Crippen molar-refractivity contribution in [1.29, 1.82) is 0 Å². The molecule has 0 atom stereocenters. The van der Waals surface area contributed by atoms with Crippen LogP contribution >= 0.6 is 11.3 Å². The van der Waals surface area contributed by atoms with Crippen molar-refractivity contribution in [2.75, 3.05) is 32.8 Å². The second kappa shape index (κ2) is 4.69. The molecule has 0 N–H and O–H groups in total. The van der Waals surface area contributed by atoms with Gasteiger partial charge in [-0.25, -0.2) is 4.98 Å². The van der Waals surface area contributed by atoms with Gasteiger partial charge in [-0.15, -0.1) is 11.3 Å². The molecule has 1 aromatic rings. The summed E-state index contributed by atoms with van der Waals surface area (Å²) in [5, 5.41) is 2.13. The number of rotatable bonds is 3. The molecule has 4 heteroatoms. The summed E-state index contributed by atoms with van der Waals surface area (Å²) in [4.78, 5) is 6.69. The predicted octanol–water partition coefficient (Wildman–Crippen LogP) is 1.02. The Morgan fingerprint density at radius 1 is 1.46 bits per heavy atom. The number of thiazole rings is 1. The van der Waals surface area contributed by atoms with Crippen LogP contribution in [-0.2, 0) is 11.2 Å². The monoisotopic (exact) mass is 198 g/mol. The van der Waals surface area contributed by atoms with E-state index in [1.165, 1.54) is 5.69 Å². The van der Waals surface area contributed by atoms with Gasteiger partial charge >= 0.3 is 0 Å². The third-order valence-electron chi connectivity index (χ3n) is 2.27. The predicted molar refractivity (Wildman–Crippen MR) is 53.1 cm³/mol. The zero-order valence-corrected chi connectivity index (χ0v) is 8.42. The van der Waals surface area contributed by atoms with Crippen molar-refractivity contribution in [3.63, 3.8) is 0 Å². The molecule has 3 nitrogen and oxygen atoms in total. The lowest BCUT2D eigenvalue weighted by Crippen LogP contribution is -2.37. The van der Waals surface area contributed by atoms with Gasteiger partial charge < -0.3 is 4.74 Å². The van der Waals surface area contributed by atoms with E-state index in [0.717, 1.165) is 39.3 Å². The first-order chi connectivity index (χ1) is 6.45. The van der Waals surface area contributed by atoms with Gasteiger partial charge in [0.2, 0.25) is 0 Å². The van der Waals surface area contributed by atoms with Crippen LogP contribution in [0.3, 0.4) is 0 Å².